The second-order valence-electron chi connectivity index (χ2n) is 8.52. The Bertz CT molecular complexity index is 772. The minimum absolute atomic E-state index is 0.147. The lowest BCUT2D eigenvalue weighted by Gasteiger charge is -2.45. The highest BCUT2D eigenvalue weighted by Gasteiger charge is 2.45. The van der Waals surface area contributed by atoms with Crippen LogP contribution in [0.5, 0.6) is 0 Å². The molecule has 4 rings (SSSR count). The maximum atomic E-state index is 13.9. The third-order valence-corrected chi connectivity index (χ3v) is 6.68. The summed E-state index contributed by atoms with van der Waals surface area (Å²) in [5.41, 5.74) is -0.518. The van der Waals surface area contributed by atoms with Crippen LogP contribution in [-0.2, 0) is 4.74 Å². The van der Waals surface area contributed by atoms with Gasteiger partial charge in [-0.05, 0) is 64.1 Å². The number of halogens is 2. The van der Waals surface area contributed by atoms with E-state index in [0.717, 1.165) is 57.2 Å². The molecule has 3 heterocycles. The standard InChI is InChI=1S/C22H29F2N3O3/c1-2-30-22(29)27-15-8-9-16(27)12-17(11-15)26-10-4-5-14(13-26)25-21(28)20-18(23)6-3-7-19(20)24/h3,6-7,14-17H,2,4-5,8-13H2,1H3,(H,25,28). The summed E-state index contributed by atoms with van der Waals surface area (Å²) in [6.45, 7) is 3.80. The zero-order valence-corrected chi connectivity index (χ0v) is 17.3. The summed E-state index contributed by atoms with van der Waals surface area (Å²) >= 11 is 0. The zero-order chi connectivity index (χ0) is 21.3. The first kappa shape index (κ1) is 21.0. The molecule has 3 saturated heterocycles. The van der Waals surface area contributed by atoms with Gasteiger partial charge in [0.2, 0.25) is 0 Å². The molecule has 2 amide bonds. The van der Waals surface area contributed by atoms with Gasteiger partial charge in [0.1, 0.15) is 17.2 Å². The Hall–Kier alpha value is -2.22. The van der Waals surface area contributed by atoms with Crippen molar-refractivity contribution in [1.82, 2.24) is 15.1 Å². The quantitative estimate of drug-likeness (QED) is 0.810. The molecule has 1 aromatic carbocycles. The average molecular weight is 421 g/mol. The van der Waals surface area contributed by atoms with Crippen LogP contribution in [0.25, 0.3) is 0 Å². The van der Waals surface area contributed by atoms with E-state index in [0.29, 0.717) is 19.2 Å². The molecule has 0 aromatic heterocycles. The van der Waals surface area contributed by atoms with Gasteiger partial charge in [-0.15, -0.1) is 0 Å². The zero-order valence-electron chi connectivity index (χ0n) is 17.3. The van der Waals surface area contributed by atoms with Crippen molar-refractivity contribution >= 4 is 12.0 Å². The predicted molar refractivity (Wildman–Crippen MR) is 107 cm³/mol. The molecule has 3 atom stereocenters. The van der Waals surface area contributed by atoms with E-state index in [-0.39, 0.29) is 24.2 Å². The molecule has 0 saturated carbocycles. The molecule has 0 aliphatic carbocycles. The summed E-state index contributed by atoms with van der Waals surface area (Å²) in [7, 11) is 0. The van der Waals surface area contributed by atoms with E-state index >= 15 is 0 Å². The average Bonchev–Trinajstić information content (AvgIpc) is 2.98. The summed E-state index contributed by atoms with van der Waals surface area (Å²) in [5, 5.41) is 2.82. The van der Waals surface area contributed by atoms with Crippen LogP contribution in [0.4, 0.5) is 13.6 Å². The minimum atomic E-state index is -0.844. The van der Waals surface area contributed by atoms with E-state index < -0.39 is 23.1 Å². The van der Waals surface area contributed by atoms with Crippen molar-refractivity contribution < 1.29 is 23.1 Å². The second kappa shape index (κ2) is 8.88. The number of carbonyl (C=O) groups excluding carboxylic acids is 2. The number of likely N-dealkylation sites (tertiary alicyclic amines) is 1. The van der Waals surface area contributed by atoms with Gasteiger partial charge in [-0.2, -0.15) is 0 Å². The molecule has 8 heteroatoms. The van der Waals surface area contributed by atoms with Gasteiger partial charge in [0.15, 0.2) is 0 Å². The molecule has 3 unspecified atom stereocenters. The number of rotatable bonds is 4. The lowest BCUT2D eigenvalue weighted by Crippen LogP contribution is -2.56. The van der Waals surface area contributed by atoms with Gasteiger partial charge in [-0.25, -0.2) is 13.6 Å². The van der Waals surface area contributed by atoms with Crippen molar-refractivity contribution in [3.05, 3.63) is 35.4 Å². The predicted octanol–water partition coefficient (Wildman–Crippen LogP) is 3.31. The van der Waals surface area contributed by atoms with Crippen LogP contribution in [0.1, 0.15) is 55.8 Å². The van der Waals surface area contributed by atoms with Crippen LogP contribution < -0.4 is 5.32 Å². The molecule has 3 aliphatic heterocycles. The monoisotopic (exact) mass is 421 g/mol. The first-order valence-electron chi connectivity index (χ1n) is 10.9. The largest absolute Gasteiger partial charge is 0.450 e. The number of amides is 2. The first-order chi connectivity index (χ1) is 14.5. The lowest BCUT2D eigenvalue weighted by atomic mass is 9.93. The highest BCUT2D eigenvalue weighted by molar-refractivity contribution is 5.94. The highest BCUT2D eigenvalue weighted by Crippen LogP contribution is 2.38. The Morgan fingerprint density at radius 1 is 1.10 bits per heavy atom. The first-order valence-corrected chi connectivity index (χ1v) is 10.9. The van der Waals surface area contributed by atoms with E-state index in [2.05, 4.69) is 10.2 Å². The maximum absolute atomic E-state index is 13.9. The fraction of sp³-hybridized carbons (Fsp3) is 0.636. The van der Waals surface area contributed by atoms with Gasteiger partial charge in [0, 0.05) is 30.7 Å². The summed E-state index contributed by atoms with van der Waals surface area (Å²) in [5.74, 6) is -2.39. The number of benzene rings is 1. The number of hydrogen-bond acceptors (Lipinski definition) is 4. The molecule has 0 spiro atoms. The number of hydrogen-bond donors (Lipinski definition) is 1. The number of carbonyl (C=O) groups is 2. The van der Waals surface area contributed by atoms with E-state index in [1.807, 2.05) is 11.8 Å². The second-order valence-corrected chi connectivity index (χ2v) is 8.52. The van der Waals surface area contributed by atoms with Gasteiger partial charge < -0.3 is 15.0 Å². The number of fused-ring (bicyclic) bond motifs is 2. The van der Waals surface area contributed by atoms with Crippen LogP contribution in [0.3, 0.4) is 0 Å². The highest BCUT2D eigenvalue weighted by atomic mass is 19.1. The molecular formula is C22H29F2N3O3. The third-order valence-electron chi connectivity index (χ3n) is 6.68. The maximum Gasteiger partial charge on any atom is 0.410 e. The molecule has 0 radical (unpaired) electrons. The number of nitrogens with zero attached hydrogens (tertiary/aromatic N) is 2. The lowest BCUT2D eigenvalue weighted by molar-refractivity contribution is 0.0308. The van der Waals surface area contributed by atoms with Crippen LogP contribution in [-0.4, -0.2) is 65.7 Å². The van der Waals surface area contributed by atoms with E-state index in [1.165, 1.54) is 6.07 Å². The van der Waals surface area contributed by atoms with Crippen LogP contribution >= 0.6 is 0 Å². The van der Waals surface area contributed by atoms with Crippen molar-refractivity contribution in [2.45, 2.75) is 69.6 Å². The molecule has 3 aliphatic rings. The van der Waals surface area contributed by atoms with Gasteiger partial charge in [0.25, 0.3) is 5.91 Å². The molecule has 3 fully saturated rings. The molecule has 1 aromatic rings. The molecule has 30 heavy (non-hydrogen) atoms. The van der Waals surface area contributed by atoms with Crippen molar-refractivity contribution in [3.63, 3.8) is 0 Å². The van der Waals surface area contributed by atoms with Crippen LogP contribution in [0, 0.1) is 11.6 Å². The Balaban J connectivity index is 1.37. The van der Waals surface area contributed by atoms with Crippen molar-refractivity contribution in [1.29, 1.82) is 0 Å². The fourth-order valence-corrected chi connectivity index (χ4v) is 5.37. The van der Waals surface area contributed by atoms with Gasteiger partial charge >= 0.3 is 6.09 Å². The van der Waals surface area contributed by atoms with Crippen molar-refractivity contribution in [3.8, 4) is 0 Å². The number of piperidine rings is 2. The van der Waals surface area contributed by atoms with E-state index in [1.54, 1.807) is 0 Å². The summed E-state index contributed by atoms with van der Waals surface area (Å²) in [6, 6.07) is 4.05. The SMILES string of the molecule is CCOC(=O)N1C2CCC1CC(N1CCCC(NC(=O)c3c(F)cccc3F)C1)C2. The minimum Gasteiger partial charge on any atom is -0.450 e. The Morgan fingerprint density at radius 3 is 2.40 bits per heavy atom. The third kappa shape index (κ3) is 4.15. The molecule has 1 N–H and O–H groups in total. The van der Waals surface area contributed by atoms with Crippen molar-refractivity contribution in [2.24, 2.45) is 0 Å². The van der Waals surface area contributed by atoms with Crippen LogP contribution in [0.15, 0.2) is 18.2 Å². The Morgan fingerprint density at radius 2 is 1.77 bits per heavy atom. The van der Waals surface area contributed by atoms with Crippen LogP contribution in [0.2, 0.25) is 0 Å². The molecule has 164 valence electrons. The summed E-state index contributed by atoms with van der Waals surface area (Å²) in [6.07, 6.45) is 5.29. The number of nitrogens with one attached hydrogen (secondary N) is 1. The molecular weight excluding hydrogens is 392 g/mol. The topological polar surface area (TPSA) is 61.9 Å². The Labute approximate surface area is 175 Å². The Kier molecular flexibility index (Phi) is 6.22. The fourth-order valence-electron chi connectivity index (χ4n) is 5.37. The van der Waals surface area contributed by atoms with E-state index in [4.69, 9.17) is 4.74 Å². The normalized spacial score (nSPS) is 29.0. The van der Waals surface area contributed by atoms with E-state index in [9.17, 15) is 18.4 Å². The number of ether oxygens (including phenoxy) is 1. The van der Waals surface area contributed by atoms with Crippen molar-refractivity contribution in [2.75, 3.05) is 19.7 Å². The smallest absolute Gasteiger partial charge is 0.410 e. The van der Waals surface area contributed by atoms with Gasteiger partial charge in [0.05, 0.1) is 6.61 Å². The summed E-state index contributed by atoms with van der Waals surface area (Å²) in [4.78, 5) is 29.0. The van der Waals surface area contributed by atoms with Gasteiger partial charge in [-0.3, -0.25) is 9.69 Å². The molecule has 6 nitrogen and oxygen atoms in total. The summed E-state index contributed by atoms with van der Waals surface area (Å²) < 4.78 is 33.1. The molecule has 2 bridgehead atoms. The van der Waals surface area contributed by atoms with Gasteiger partial charge in [-0.1, -0.05) is 6.07 Å².